The highest BCUT2D eigenvalue weighted by Crippen LogP contribution is 2.29. The lowest BCUT2D eigenvalue weighted by molar-refractivity contribution is 0.208. The molecule has 0 bridgehead atoms. The van der Waals surface area contributed by atoms with Gasteiger partial charge in [-0.15, -0.1) is 6.58 Å². The van der Waals surface area contributed by atoms with Crippen LogP contribution in [0.15, 0.2) is 12.7 Å². The first-order chi connectivity index (χ1) is 8.15. The van der Waals surface area contributed by atoms with Gasteiger partial charge in [0.25, 0.3) is 0 Å². The van der Waals surface area contributed by atoms with Gasteiger partial charge in [0, 0.05) is 18.6 Å². The molecule has 1 fully saturated rings. The van der Waals surface area contributed by atoms with Crippen LogP contribution in [0.4, 0.5) is 0 Å². The fraction of sp³-hybridized carbons (Fsp3) is 0.867. The molecule has 0 aromatic rings. The fourth-order valence-electron chi connectivity index (χ4n) is 2.32. The van der Waals surface area contributed by atoms with Crippen molar-refractivity contribution in [1.82, 2.24) is 10.2 Å². The maximum Gasteiger partial charge on any atom is 0.0166 e. The number of hydrogen-bond donors (Lipinski definition) is 1. The molecule has 1 N–H and O–H groups in total. The first-order valence-electron chi connectivity index (χ1n) is 7.22. The van der Waals surface area contributed by atoms with Gasteiger partial charge in [-0.2, -0.15) is 0 Å². The molecule has 17 heavy (non-hydrogen) atoms. The Bertz CT molecular complexity index is 209. The molecule has 1 aliphatic carbocycles. The van der Waals surface area contributed by atoms with E-state index in [1.165, 1.54) is 25.7 Å². The highest BCUT2D eigenvalue weighted by atomic mass is 15.2. The molecule has 0 saturated heterocycles. The molecule has 2 heteroatoms. The summed E-state index contributed by atoms with van der Waals surface area (Å²) in [5.74, 6) is 0.760. The Hall–Kier alpha value is -0.340. The molecule has 1 saturated carbocycles. The summed E-state index contributed by atoms with van der Waals surface area (Å²) >= 11 is 0. The van der Waals surface area contributed by atoms with E-state index in [9.17, 15) is 0 Å². The monoisotopic (exact) mass is 238 g/mol. The highest BCUT2D eigenvalue weighted by Gasteiger charge is 2.30. The van der Waals surface area contributed by atoms with E-state index in [0.717, 1.165) is 31.6 Å². The summed E-state index contributed by atoms with van der Waals surface area (Å²) in [6.07, 6.45) is 7.42. The molecule has 1 atom stereocenters. The Morgan fingerprint density at radius 2 is 2.06 bits per heavy atom. The summed E-state index contributed by atoms with van der Waals surface area (Å²) < 4.78 is 0. The fourth-order valence-corrected chi connectivity index (χ4v) is 2.32. The van der Waals surface area contributed by atoms with Crippen LogP contribution >= 0.6 is 0 Å². The molecule has 0 spiro atoms. The van der Waals surface area contributed by atoms with E-state index in [4.69, 9.17) is 0 Å². The maximum atomic E-state index is 3.87. The lowest BCUT2D eigenvalue weighted by Crippen LogP contribution is -2.35. The molecule has 1 unspecified atom stereocenters. The van der Waals surface area contributed by atoms with Crippen LogP contribution in [0.5, 0.6) is 0 Å². The minimum absolute atomic E-state index is 0.710. The van der Waals surface area contributed by atoms with Crippen molar-refractivity contribution in [2.45, 2.75) is 58.5 Å². The highest BCUT2D eigenvalue weighted by molar-refractivity contribution is 4.90. The predicted molar refractivity (Wildman–Crippen MR) is 76.3 cm³/mol. The largest absolute Gasteiger partial charge is 0.316 e. The molecule has 0 amide bonds. The van der Waals surface area contributed by atoms with Crippen molar-refractivity contribution in [3.63, 3.8) is 0 Å². The number of hydrogen-bond acceptors (Lipinski definition) is 2. The number of rotatable bonds is 10. The van der Waals surface area contributed by atoms with Crippen molar-refractivity contribution in [2.24, 2.45) is 5.92 Å². The van der Waals surface area contributed by atoms with Crippen LogP contribution in [0.3, 0.4) is 0 Å². The normalized spacial score (nSPS) is 17.7. The van der Waals surface area contributed by atoms with Crippen LogP contribution in [0, 0.1) is 5.92 Å². The van der Waals surface area contributed by atoms with E-state index >= 15 is 0 Å². The van der Waals surface area contributed by atoms with Crippen LogP contribution in [0.25, 0.3) is 0 Å². The minimum atomic E-state index is 0.710. The summed E-state index contributed by atoms with van der Waals surface area (Å²) in [7, 11) is 0. The van der Waals surface area contributed by atoms with E-state index in [-0.39, 0.29) is 0 Å². The molecule has 0 heterocycles. The Balaban J connectivity index is 2.09. The lowest BCUT2D eigenvalue weighted by atomic mass is 10.1. The number of nitrogens with zero attached hydrogens (tertiary/aromatic N) is 1. The first kappa shape index (κ1) is 14.7. The van der Waals surface area contributed by atoms with Gasteiger partial charge < -0.3 is 5.32 Å². The Morgan fingerprint density at radius 1 is 1.35 bits per heavy atom. The molecule has 1 aliphatic rings. The van der Waals surface area contributed by atoms with Crippen LogP contribution < -0.4 is 5.32 Å². The second kappa shape index (κ2) is 7.88. The average molecular weight is 238 g/mol. The van der Waals surface area contributed by atoms with E-state index in [0.29, 0.717) is 6.04 Å². The SMILES string of the molecule is C=CCN(C(C)CCCNCC(C)C)C1CC1. The van der Waals surface area contributed by atoms with Crippen molar-refractivity contribution in [3.05, 3.63) is 12.7 Å². The van der Waals surface area contributed by atoms with Crippen LogP contribution in [-0.2, 0) is 0 Å². The topological polar surface area (TPSA) is 15.3 Å². The minimum Gasteiger partial charge on any atom is -0.316 e. The van der Waals surface area contributed by atoms with Crippen LogP contribution in [0.2, 0.25) is 0 Å². The van der Waals surface area contributed by atoms with Crippen molar-refractivity contribution in [3.8, 4) is 0 Å². The van der Waals surface area contributed by atoms with Crippen molar-refractivity contribution < 1.29 is 0 Å². The standard InChI is InChI=1S/C15H30N2/c1-5-11-17(15-8-9-15)14(4)7-6-10-16-12-13(2)3/h5,13-16H,1,6-12H2,2-4H3. The maximum absolute atomic E-state index is 3.87. The van der Waals surface area contributed by atoms with Gasteiger partial charge in [-0.25, -0.2) is 0 Å². The van der Waals surface area contributed by atoms with E-state index in [1.807, 2.05) is 6.08 Å². The van der Waals surface area contributed by atoms with Crippen molar-refractivity contribution in [2.75, 3.05) is 19.6 Å². The van der Waals surface area contributed by atoms with E-state index < -0.39 is 0 Å². The van der Waals surface area contributed by atoms with E-state index in [1.54, 1.807) is 0 Å². The van der Waals surface area contributed by atoms with Gasteiger partial charge in [0.05, 0.1) is 0 Å². The summed E-state index contributed by atoms with van der Waals surface area (Å²) in [4.78, 5) is 2.62. The summed E-state index contributed by atoms with van der Waals surface area (Å²) in [5, 5.41) is 3.52. The summed E-state index contributed by atoms with van der Waals surface area (Å²) in [6.45, 7) is 14.1. The van der Waals surface area contributed by atoms with Gasteiger partial charge in [-0.05, 0) is 51.6 Å². The molecule has 2 nitrogen and oxygen atoms in total. The smallest absolute Gasteiger partial charge is 0.0166 e. The zero-order valence-electron chi connectivity index (χ0n) is 11.9. The molecule has 0 aliphatic heterocycles. The third-order valence-corrected chi connectivity index (χ3v) is 3.45. The average Bonchev–Trinajstić information content (AvgIpc) is 3.08. The quantitative estimate of drug-likeness (QED) is 0.465. The van der Waals surface area contributed by atoms with Crippen molar-refractivity contribution >= 4 is 0 Å². The van der Waals surface area contributed by atoms with Crippen LogP contribution in [0.1, 0.15) is 46.5 Å². The molecular weight excluding hydrogens is 208 g/mol. The Kier molecular flexibility index (Phi) is 6.83. The number of nitrogens with one attached hydrogen (secondary N) is 1. The molecule has 0 radical (unpaired) electrons. The van der Waals surface area contributed by atoms with Gasteiger partial charge in [0.1, 0.15) is 0 Å². The van der Waals surface area contributed by atoms with Gasteiger partial charge in [-0.1, -0.05) is 19.9 Å². The zero-order chi connectivity index (χ0) is 12.7. The third kappa shape index (κ3) is 6.23. The van der Waals surface area contributed by atoms with Gasteiger partial charge in [-0.3, -0.25) is 4.90 Å². The predicted octanol–water partition coefficient (Wildman–Crippen LogP) is 3.05. The second-order valence-corrected chi connectivity index (χ2v) is 5.81. The molecule has 0 aromatic heterocycles. The molecule has 100 valence electrons. The second-order valence-electron chi connectivity index (χ2n) is 5.81. The van der Waals surface area contributed by atoms with Crippen LogP contribution in [-0.4, -0.2) is 36.6 Å². The molecule has 0 aromatic carbocycles. The Morgan fingerprint density at radius 3 is 2.59 bits per heavy atom. The summed E-state index contributed by atoms with van der Waals surface area (Å²) in [6, 6.07) is 1.56. The lowest BCUT2D eigenvalue weighted by Gasteiger charge is -2.28. The van der Waals surface area contributed by atoms with Gasteiger partial charge in [0.15, 0.2) is 0 Å². The Labute approximate surface area is 107 Å². The molecule has 1 rings (SSSR count). The summed E-state index contributed by atoms with van der Waals surface area (Å²) in [5.41, 5.74) is 0. The van der Waals surface area contributed by atoms with Gasteiger partial charge >= 0.3 is 0 Å². The molecular formula is C15H30N2. The first-order valence-corrected chi connectivity index (χ1v) is 7.22. The zero-order valence-corrected chi connectivity index (χ0v) is 11.9. The van der Waals surface area contributed by atoms with Crippen molar-refractivity contribution in [1.29, 1.82) is 0 Å². The third-order valence-electron chi connectivity index (χ3n) is 3.45. The van der Waals surface area contributed by atoms with Gasteiger partial charge in [0.2, 0.25) is 0 Å². The van der Waals surface area contributed by atoms with E-state index in [2.05, 4.69) is 37.6 Å².